The maximum atomic E-state index is 12.2. The first kappa shape index (κ1) is 15.3. The van der Waals surface area contributed by atoms with Crippen LogP contribution < -0.4 is 0 Å². The summed E-state index contributed by atoms with van der Waals surface area (Å²) in [5.74, 6) is 0.244. The third-order valence-electron chi connectivity index (χ3n) is 3.16. The van der Waals surface area contributed by atoms with Gasteiger partial charge in [0.1, 0.15) is 0 Å². The molecular weight excluding hydrogens is 337 g/mol. The number of rotatable bonds is 4. The second-order valence-corrected chi connectivity index (χ2v) is 6.52. The van der Waals surface area contributed by atoms with Crippen LogP contribution in [0.5, 0.6) is 0 Å². The van der Waals surface area contributed by atoms with Crippen LogP contribution in [-0.4, -0.2) is 16.5 Å². The van der Waals surface area contributed by atoms with Gasteiger partial charge in [-0.15, -0.1) is 0 Å². The van der Waals surface area contributed by atoms with E-state index in [2.05, 4.69) is 4.98 Å². The predicted molar refractivity (Wildman–Crippen MR) is 93.3 cm³/mol. The molecule has 110 valence electrons. The van der Waals surface area contributed by atoms with Crippen molar-refractivity contribution in [3.8, 4) is 0 Å². The maximum Gasteiger partial charge on any atom is 0.174 e. The number of nitrogens with zero attached hydrogens (tertiary/aromatic N) is 1. The van der Waals surface area contributed by atoms with E-state index in [1.807, 2.05) is 36.4 Å². The van der Waals surface area contributed by atoms with Gasteiger partial charge in [0.2, 0.25) is 0 Å². The smallest absolute Gasteiger partial charge is 0.174 e. The molecular formula is C17H11Cl2NOS. The van der Waals surface area contributed by atoms with Gasteiger partial charge in [0.15, 0.2) is 5.78 Å². The molecule has 5 heteroatoms. The van der Waals surface area contributed by atoms with Crippen LogP contribution in [0.3, 0.4) is 0 Å². The highest BCUT2D eigenvalue weighted by Crippen LogP contribution is 2.25. The Morgan fingerprint density at radius 1 is 1.05 bits per heavy atom. The van der Waals surface area contributed by atoms with Gasteiger partial charge in [0.05, 0.1) is 21.3 Å². The minimum absolute atomic E-state index is 0.0402. The molecule has 1 heterocycles. The van der Waals surface area contributed by atoms with E-state index in [4.69, 9.17) is 23.2 Å². The van der Waals surface area contributed by atoms with Gasteiger partial charge in [-0.05, 0) is 30.3 Å². The minimum Gasteiger partial charge on any atom is -0.293 e. The Labute approximate surface area is 142 Å². The molecule has 2 aromatic carbocycles. The highest BCUT2D eigenvalue weighted by atomic mass is 35.5. The van der Waals surface area contributed by atoms with Gasteiger partial charge in [0, 0.05) is 16.0 Å². The number of carbonyl (C=O) groups excluding carboxylic acids is 1. The number of ketones is 1. The summed E-state index contributed by atoms with van der Waals surface area (Å²) in [5.41, 5.74) is 1.41. The van der Waals surface area contributed by atoms with E-state index in [0.29, 0.717) is 15.6 Å². The average Bonchev–Trinajstić information content (AvgIpc) is 2.52. The molecule has 0 atom stereocenters. The number of thioether (sulfide) groups is 1. The number of halogens is 2. The SMILES string of the molecule is O=C(CSc1ccc2ccccc2n1)c1ccc(Cl)cc1Cl. The molecule has 0 aliphatic rings. The van der Waals surface area contributed by atoms with Crippen molar-refractivity contribution in [2.45, 2.75) is 5.03 Å². The summed E-state index contributed by atoms with van der Waals surface area (Å²) in [7, 11) is 0. The molecule has 0 amide bonds. The van der Waals surface area contributed by atoms with E-state index in [1.165, 1.54) is 11.8 Å². The average molecular weight is 348 g/mol. The molecule has 0 N–H and O–H groups in total. The lowest BCUT2D eigenvalue weighted by atomic mass is 10.1. The number of fused-ring (bicyclic) bond motifs is 1. The number of carbonyl (C=O) groups is 1. The van der Waals surface area contributed by atoms with Crippen molar-refractivity contribution in [3.63, 3.8) is 0 Å². The van der Waals surface area contributed by atoms with Gasteiger partial charge < -0.3 is 0 Å². The highest BCUT2D eigenvalue weighted by Gasteiger charge is 2.11. The standard InChI is InChI=1S/C17H11Cl2NOS/c18-12-6-7-13(14(19)9-12)16(21)10-22-17-8-5-11-3-1-2-4-15(11)20-17/h1-9H,10H2. The van der Waals surface area contributed by atoms with Gasteiger partial charge in [-0.2, -0.15) is 0 Å². The number of Topliss-reactive ketones (excluding diaryl/α,β-unsaturated/α-hetero) is 1. The number of hydrogen-bond donors (Lipinski definition) is 0. The van der Waals surface area contributed by atoms with Gasteiger partial charge >= 0.3 is 0 Å². The molecule has 0 aliphatic heterocycles. The number of para-hydroxylation sites is 1. The van der Waals surface area contributed by atoms with E-state index < -0.39 is 0 Å². The van der Waals surface area contributed by atoms with E-state index >= 15 is 0 Å². The monoisotopic (exact) mass is 347 g/mol. The zero-order valence-corrected chi connectivity index (χ0v) is 13.8. The highest BCUT2D eigenvalue weighted by molar-refractivity contribution is 7.99. The Bertz CT molecular complexity index is 851. The summed E-state index contributed by atoms with van der Waals surface area (Å²) in [6.45, 7) is 0. The van der Waals surface area contributed by atoms with Crippen LogP contribution in [0, 0.1) is 0 Å². The van der Waals surface area contributed by atoms with E-state index in [1.54, 1.807) is 18.2 Å². The summed E-state index contributed by atoms with van der Waals surface area (Å²) in [5, 5.41) is 2.80. The fourth-order valence-electron chi connectivity index (χ4n) is 2.06. The van der Waals surface area contributed by atoms with Gasteiger partial charge in [-0.3, -0.25) is 4.79 Å². The molecule has 0 radical (unpaired) electrons. The van der Waals surface area contributed by atoms with Crippen LogP contribution in [0.25, 0.3) is 10.9 Å². The van der Waals surface area contributed by atoms with Crippen molar-refractivity contribution in [1.29, 1.82) is 0 Å². The van der Waals surface area contributed by atoms with Crippen molar-refractivity contribution >= 4 is 51.6 Å². The topological polar surface area (TPSA) is 30.0 Å². The predicted octanol–water partition coefficient (Wildman–Crippen LogP) is 5.52. The first-order valence-corrected chi connectivity index (χ1v) is 8.34. The fourth-order valence-corrected chi connectivity index (χ4v) is 3.34. The Balaban J connectivity index is 1.74. The van der Waals surface area contributed by atoms with Gasteiger partial charge in [-0.1, -0.05) is 59.2 Å². The third-order valence-corrected chi connectivity index (χ3v) is 4.63. The van der Waals surface area contributed by atoms with Gasteiger partial charge in [0.25, 0.3) is 0 Å². The zero-order valence-electron chi connectivity index (χ0n) is 11.4. The lowest BCUT2D eigenvalue weighted by Crippen LogP contribution is -2.03. The van der Waals surface area contributed by atoms with Crippen molar-refractivity contribution in [3.05, 3.63) is 70.2 Å². The molecule has 0 spiro atoms. The van der Waals surface area contributed by atoms with Crippen LogP contribution >= 0.6 is 35.0 Å². The second-order valence-electron chi connectivity index (χ2n) is 4.68. The lowest BCUT2D eigenvalue weighted by molar-refractivity contribution is 0.102. The van der Waals surface area contributed by atoms with Crippen LogP contribution in [0.1, 0.15) is 10.4 Å². The third kappa shape index (κ3) is 3.43. The number of benzene rings is 2. The summed E-state index contributed by atoms with van der Waals surface area (Å²) < 4.78 is 0. The maximum absolute atomic E-state index is 12.2. The van der Waals surface area contributed by atoms with Crippen LogP contribution in [-0.2, 0) is 0 Å². The fraction of sp³-hybridized carbons (Fsp3) is 0.0588. The normalized spacial score (nSPS) is 10.8. The van der Waals surface area contributed by atoms with E-state index in [0.717, 1.165) is 15.9 Å². The Kier molecular flexibility index (Phi) is 4.67. The molecule has 0 saturated carbocycles. The lowest BCUT2D eigenvalue weighted by Gasteiger charge is -2.05. The molecule has 0 bridgehead atoms. The Hall–Kier alpha value is -1.55. The van der Waals surface area contributed by atoms with E-state index in [9.17, 15) is 4.79 Å². The first-order valence-electron chi connectivity index (χ1n) is 6.60. The van der Waals surface area contributed by atoms with Crippen molar-refractivity contribution < 1.29 is 4.79 Å². The van der Waals surface area contributed by atoms with Crippen LogP contribution in [0.15, 0.2) is 59.6 Å². The molecule has 1 aromatic heterocycles. The van der Waals surface area contributed by atoms with Gasteiger partial charge in [-0.25, -0.2) is 4.98 Å². The molecule has 3 aromatic rings. The zero-order chi connectivity index (χ0) is 15.5. The van der Waals surface area contributed by atoms with Crippen molar-refractivity contribution in [1.82, 2.24) is 4.98 Å². The number of aromatic nitrogens is 1. The second kappa shape index (κ2) is 6.69. The number of hydrogen-bond acceptors (Lipinski definition) is 3. The number of pyridine rings is 1. The summed E-state index contributed by atoms with van der Waals surface area (Å²) in [6.07, 6.45) is 0. The molecule has 0 unspecified atom stereocenters. The Morgan fingerprint density at radius 2 is 1.86 bits per heavy atom. The minimum atomic E-state index is -0.0402. The molecule has 22 heavy (non-hydrogen) atoms. The Morgan fingerprint density at radius 3 is 2.68 bits per heavy atom. The first-order chi connectivity index (χ1) is 10.6. The molecule has 2 nitrogen and oxygen atoms in total. The quantitative estimate of drug-likeness (QED) is 0.460. The largest absolute Gasteiger partial charge is 0.293 e. The molecule has 0 saturated heterocycles. The van der Waals surface area contributed by atoms with Crippen molar-refractivity contribution in [2.24, 2.45) is 0 Å². The molecule has 0 aliphatic carbocycles. The summed E-state index contributed by atoms with van der Waals surface area (Å²) in [6, 6.07) is 16.7. The molecule has 0 fully saturated rings. The summed E-state index contributed by atoms with van der Waals surface area (Å²) in [4.78, 5) is 16.8. The van der Waals surface area contributed by atoms with Crippen LogP contribution in [0.4, 0.5) is 0 Å². The molecule has 3 rings (SSSR count). The van der Waals surface area contributed by atoms with E-state index in [-0.39, 0.29) is 11.5 Å². The van der Waals surface area contributed by atoms with Crippen LogP contribution in [0.2, 0.25) is 10.0 Å². The summed E-state index contributed by atoms with van der Waals surface area (Å²) >= 11 is 13.3. The van der Waals surface area contributed by atoms with Crippen molar-refractivity contribution in [2.75, 3.05) is 5.75 Å².